The van der Waals surface area contributed by atoms with Crippen molar-refractivity contribution in [1.82, 2.24) is 0 Å². The summed E-state index contributed by atoms with van der Waals surface area (Å²) in [6.45, 7) is 0.941. The van der Waals surface area contributed by atoms with E-state index in [4.69, 9.17) is 0 Å². The van der Waals surface area contributed by atoms with E-state index in [9.17, 15) is 45.0 Å². The quantitative estimate of drug-likeness (QED) is 0.370. The average molecular weight is 400 g/mol. The Morgan fingerprint density at radius 2 is 1.76 bits per heavy atom. The number of aromatic hydroxyl groups is 3. The zero-order valence-electron chi connectivity index (χ0n) is 15.0. The van der Waals surface area contributed by atoms with E-state index in [1.54, 1.807) is 0 Å². The lowest BCUT2D eigenvalue weighted by Crippen LogP contribution is -2.61. The maximum absolute atomic E-state index is 13.2. The molecule has 2 aromatic carbocycles. The average Bonchev–Trinajstić information content (AvgIpc) is 2.61. The molecular weight excluding hydrogens is 384 g/mol. The molecule has 4 rings (SSSR count). The molecule has 2 aromatic rings. The molecule has 0 unspecified atom stereocenters. The molecule has 0 saturated heterocycles. The second kappa shape index (κ2) is 5.79. The third-order valence-electron chi connectivity index (χ3n) is 5.65. The van der Waals surface area contributed by atoms with Gasteiger partial charge in [-0.25, -0.2) is 0 Å². The van der Waals surface area contributed by atoms with Crippen molar-refractivity contribution in [2.24, 2.45) is 5.92 Å². The lowest BCUT2D eigenvalue weighted by atomic mass is 9.63. The highest BCUT2D eigenvalue weighted by Gasteiger charge is 2.61. The summed E-state index contributed by atoms with van der Waals surface area (Å²) in [4.78, 5) is 37.3. The van der Waals surface area contributed by atoms with Crippen molar-refractivity contribution >= 4 is 28.1 Å². The summed E-state index contributed by atoms with van der Waals surface area (Å²) in [6, 6.07) is 3.54. The number of ketones is 3. The summed E-state index contributed by atoms with van der Waals surface area (Å²) in [5.41, 5.74) is -3.97. The molecule has 6 N–H and O–H groups in total. The molecule has 150 valence electrons. The maximum atomic E-state index is 13.2. The van der Waals surface area contributed by atoms with Crippen LogP contribution in [0.3, 0.4) is 0 Å². The topological polar surface area (TPSA) is 173 Å². The van der Waals surface area contributed by atoms with Gasteiger partial charge in [0.2, 0.25) is 5.78 Å². The molecular formula is C20H16O9. The van der Waals surface area contributed by atoms with Gasteiger partial charge in [-0.3, -0.25) is 14.4 Å². The van der Waals surface area contributed by atoms with E-state index in [0.29, 0.717) is 0 Å². The van der Waals surface area contributed by atoms with Crippen molar-refractivity contribution in [2.75, 3.05) is 0 Å². The van der Waals surface area contributed by atoms with Gasteiger partial charge in [0, 0.05) is 12.0 Å². The number of phenols is 3. The number of carbonyl (C=O) groups excluding carboxylic acids is 3. The minimum Gasteiger partial charge on any atom is -0.508 e. The van der Waals surface area contributed by atoms with E-state index in [1.807, 2.05) is 0 Å². The number of hydrogen-bond donors (Lipinski definition) is 6. The summed E-state index contributed by atoms with van der Waals surface area (Å²) in [5, 5.41) is 62.3. The first-order valence-electron chi connectivity index (χ1n) is 8.64. The fourth-order valence-corrected chi connectivity index (χ4v) is 4.30. The van der Waals surface area contributed by atoms with Gasteiger partial charge in [-0.15, -0.1) is 0 Å². The monoisotopic (exact) mass is 400 g/mol. The number of fused-ring (bicyclic) bond motifs is 3. The number of carbonyl (C=O) groups is 3. The summed E-state index contributed by atoms with van der Waals surface area (Å²) < 4.78 is 0. The zero-order chi connectivity index (χ0) is 21.4. The Kier molecular flexibility index (Phi) is 3.77. The molecule has 0 spiro atoms. The molecule has 0 saturated carbocycles. The van der Waals surface area contributed by atoms with Crippen molar-refractivity contribution in [1.29, 1.82) is 0 Å². The predicted octanol–water partition coefficient (Wildman–Crippen LogP) is 0.387. The first-order chi connectivity index (χ1) is 13.5. The first kappa shape index (κ1) is 18.9. The number of aliphatic hydroxyl groups is 3. The summed E-state index contributed by atoms with van der Waals surface area (Å²) >= 11 is 0. The maximum Gasteiger partial charge on any atom is 0.206 e. The normalized spacial score (nSPS) is 26.4. The van der Waals surface area contributed by atoms with Crippen LogP contribution >= 0.6 is 0 Å². The van der Waals surface area contributed by atoms with Crippen LogP contribution in [0.5, 0.6) is 17.2 Å². The summed E-state index contributed by atoms with van der Waals surface area (Å²) in [5.74, 6) is -7.46. The molecule has 0 aliphatic heterocycles. The summed E-state index contributed by atoms with van der Waals surface area (Å²) in [6.07, 6.45) is -2.25. The number of phenolic OH excluding ortho intramolecular Hbond substituents is 3. The van der Waals surface area contributed by atoms with Crippen LogP contribution in [0.1, 0.15) is 22.8 Å². The van der Waals surface area contributed by atoms with Gasteiger partial charge in [-0.2, -0.15) is 0 Å². The van der Waals surface area contributed by atoms with E-state index in [2.05, 4.69) is 0 Å². The van der Waals surface area contributed by atoms with E-state index < -0.39 is 63.4 Å². The number of Topliss-reactive ketones (excluding diaryl/α,β-unsaturated/α-hetero) is 3. The summed E-state index contributed by atoms with van der Waals surface area (Å²) in [7, 11) is 0. The Morgan fingerprint density at radius 1 is 1.10 bits per heavy atom. The molecule has 0 aromatic heterocycles. The van der Waals surface area contributed by atoms with Crippen LogP contribution in [0.2, 0.25) is 0 Å². The lowest BCUT2D eigenvalue weighted by Gasteiger charge is -2.44. The smallest absolute Gasteiger partial charge is 0.206 e. The third kappa shape index (κ3) is 2.25. The third-order valence-corrected chi connectivity index (χ3v) is 5.65. The minimum atomic E-state index is -2.81. The molecule has 0 radical (unpaired) electrons. The fourth-order valence-electron chi connectivity index (χ4n) is 4.30. The molecule has 0 fully saturated rings. The molecule has 9 nitrogen and oxygen atoms in total. The number of aliphatic hydroxyl groups excluding tert-OH is 2. The van der Waals surface area contributed by atoms with Crippen molar-refractivity contribution in [3.8, 4) is 17.2 Å². The molecule has 0 bridgehead atoms. The van der Waals surface area contributed by atoms with E-state index >= 15 is 0 Å². The van der Waals surface area contributed by atoms with Crippen LogP contribution in [0.4, 0.5) is 0 Å². The Labute approximate surface area is 162 Å². The van der Waals surface area contributed by atoms with Crippen molar-refractivity contribution in [3.63, 3.8) is 0 Å². The largest absolute Gasteiger partial charge is 0.508 e. The van der Waals surface area contributed by atoms with Gasteiger partial charge in [0.1, 0.15) is 34.7 Å². The molecule has 0 amide bonds. The molecule has 2 aliphatic carbocycles. The highest BCUT2D eigenvalue weighted by atomic mass is 16.4. The molecule has 29 heavy (non-hydrogen) atoms. The number of hydrogen-bond acceptors (Lipinski definition) is 9. The predicted molar refractivity (Wildman–Crippen MR) is 96.8 cm³/mol. The first-order valence-corrected chi connectivity index (χ1v) is 8.64. The van der Waals surface area contributed by atoms with Gasteiger partial charge in [0.05, 0.1) is 10.9 Å². The SMILES string of the molecule is CC(=O)C1=C(O)[C@@]2(O)C(=O)c3c(cc4cc(O)cc(O)c4c3O)C[C@H]2[C@H](O)C1=O. The van der Waals surface area contributed by atoms with Crippen LogP contribution in [-0.4, -0.2) is 59.7 Å². The fraction of sp³-hybridized carbons (Fsp3) is 0.250. The Balaban J connectivity index is 2.05. The van der Waals surface area contributed by atoms with E-state index in [0.717, 1.165) is 13.0 Å². The Bertz CT molecular complexity index is 1180. The van der Waals surface area contributed by atoms with Crippen LogP contribution in [0.25, 0.3) is 10.8 Å². The van der Waals surface area contributed by atoms with Crippen molar-refractivity contribution in [2.45, 2.75) is 25.0 Å². The number of rotatable bonds is 1. The highest BCUT2D eigenvalue weighted by Crippen LogP contribution is 2.49. The zero-order valence-corrected chi connectivity index (χ0v) is 15.0. The van der Waals surface area contributed by atoms with E-state index in [1.165, 1.54) is 12.1 Å². The lowest BCUT2D eigenvalue weighted by molar-refractivity contribution is -0.138. The Morgan fingerprint density at radius 3 is 2.38 bits per heavy atom. The van der Waals surface area contributed by atoms with Gasteiger partial charge in [0.25, 0.3) is 0 Å². The Hall–Kier alpha value is -3.43. The van der Waals surface area contributed by atoms with Gasteiger partial charge in [-0.05, 0) is 36.4 Å². The molecule has 9 heteroatoms. The number of benzene rings is 2. The van der Waals surface area contributed by atoms with Crippen molar-refractivity contribution in [3.05, 3.63) is 40.7 Å². The van der Waals surface area contributed by atoms with E-state index in [-0.39, 0.29) is 28.5 Å². The highest BCUT2D eigenvalue weighted by molar-refractivity contribution is 6.25. The second-order valence-electron chi connectivity index (χ2n) is 7.32. The minimum absolute atomic E-state index is 0.130. The standard InChI is InChI=1S/C20H16O9/c1-6(21)12-17(26)15(24)10-4-8-2-7-3-9(22)5-11(23)13(7)16(25)14(8)19(28)20(10,29)18(12)27/h2-3,5,10,15,22-25,27,29H,4H2,1H3/t10-,15-,20+/m0/s1. The van der Waals surface area contributed by atoms with Gasteiger partial charge >= 0.3 is 0 Å². The van der Waals surface area contributed by atoms with Gasteiger partial charge in [-0.1, -0.05) is 0 Å². The molecule has 3 atom stereocenters. The van der Waals surface area contributed by atoms with Crippen molar-refractivity contribution < 1.29 is 45.0 Å². The van der Waals surface area contributed by atoms with Crippen LogP contribution in [-0.2, 0) is 16.0 Å². The molecule has 2 aliphatic rings. The molecule has 0 heterocycles. The second-order valence-corrected chi connectivity index (χ2v) is 7.32. The van der Waals surface area contributed by atoms with Crippen LogP contribution in [0.15, 0.2) is 29.5 Å². The van der Waals surface area contributed by atoms with Gasteiger partial charge in [0.15, 0.2) is 17.2 Å². The van der Waals surface area contributed by atoms with Crippen LogP contribution in [0, 0.1) is 5.92 Å². The van der Waals surface area contributed by atoms with Crippen LogP contribution < -0.4 is 0 Å². The van der Waals surface area contributed by atoms with Gasteiger partial charge < -0.3 is 30.6 Å².